The molecule has 2 nitrogen and oxygen atoms in total. The molecule has 2 N–H and O–H groups in total. The normalized spacial score (nSPS) is 12.2. The molecule has 0 aromatic heterocycles. The molecule has 0 radical (unpaired) electrons. The maximum atomic E-state index is 6.04. The van der Waals surface area contributed by atoms with Gasteiger partial charge in [-0.15, -0.1) is 0 Å². The number of ether oxygens (including phenoxy) is 1. The van der Waals surface area contributed by atoms with Crippen molar-refractivity contribution >= 4 is 15.9 Å². The first-order valence-corrected chi connectivity index (χ1v) is 7.09. The van der Waals surface area contributed by atoms with Crippen molar-refractivity contribution in [3.8, 4) is 5.75 Å². The Balaban J connectivity index is 2.24. The van der Waals surface area contributed by atoms with E-state index in [1.54, 1.807) is 0 Å². The van der Waals surface area contributed by atoms with E-state index < -0.39 is 0 Å². The van der Waals surface area contributed by atoms with Crippen LogP contribution in [0.5, 0.6) is 5.75 Å². The molecule has 0 fully saturated rings. The van der Waals surface area contributed by atoms with Crippen LogP contribution in [-0.4, -0.2) is 6.54 Å². The highest BCUT2D eigenvalue weighted by Gasteiger charge is 2.13. The highest BCUT2D eigenvalue weighted by molar-refractivity contribution is 9.10. The SMILES string of the molecule is Cc1ccc(OC(CN)c2cccc(Br)c2)c(C)c1. The topological polar surface area (TPSA) is 35.2 Å². The number of hydrogen-bond donors (Lipinski definition) is 1. The third kappa shape index (κ3) is 3.58. The van der Waals surface area contributed by atoms with Crippen LogP contribution in [0.25, 0.3) is 0 Å². The summed E-state index contributed by atoms with van der Waals surface area (Å²) in [6.45, 7) is 4.58. The Hall–Kier alpha value is -1.32. The van der Waals surface area contributed by atoms with Gasteiger partial charge in [0.2, 0.25) is 0 Å². The van der Waals surface area contributed by atoms with E-state index in [2.05, 4.69) is 41.9 Å². The third-order valence-corrected chi connectivity index (χ3v) is 3.53. The van der Waals surface area contributed by atoms with Crippen molar-refractivity contribution in [2.45, 2.75) is 20.0 Å². The summed E-state index contributed by atoms with van der Waals surface area (Å²) in [4.78, 5) is 0. The lowest BCUT2D eigenvalue weighted by Gasteiger charge is -2.19. The van der Waals surface area contributed by atoms with Crippen LogP contribution in [0.15, 0.2) is 46.9 Å². The molecule has 3 heteroatoms. The van der Waals surface area contributed by atoms with Gasteiger partial charge in [0.1, 0.15) is 11.9 Å². The van der Waals surface area contributed by atoms with E-state index in [9.17, 15) is 0 Å². The van der Waals surface area contributed by atoms with Crippen molar-refractivity contribution in [1.82, 2.24) is 0 Å². The molecule has 0 saturated heterocycles. The van der Waals surface area contributed by atoms with Gasteiger partial charge in [0.05, 0.1) is 0 Å². The lowest BCUT2D eigenvalue weighted by atomic mass is 10.1. The predicted molar refractivity (Wildman–Crippen MR) is 82.5 cm³/mol. The summed E-state index contributed by atoms with van der Waals surface area (Å²) in [6.07, 6.45) is -0.126. The Bertz CT molecular complexity index is 568. The molecule has 0 aliphatic heterocycles. The molecule has 1 unspecified atom stereocenters. The number of aryl methyl sites for hydroxylation is 2. The van der Waals surface area contributed by atoms with Crippen molar-refractivity contribution in [3.63, 3.8) is 0 Å². The van der Waals surface area contributed by atoms with Gasteiger partial charge < -0.3 is 10.5 Å². The molecular formula is C16H18BrNO. The molecule has 0 amide bonds. The maximum absolute atomic E-state index is 6.04. The highest BCUT2D eigenvalue weighted by atomic mass is 79.9. The van der Waals surface area contributed by atoms with Gasteiger partial charge in [0, 0.05) is 11.0 Å². The average Bonchev–Trinajstić information content (AvgIpc) is 2.38. The molecule has 0 aliphatic carbocycles. The second kappa shape index (κ2) is 6.22. The zero-order chi connectivity index (χ0) is 13.8. The van der Waals surface area contributed by atoms with Gasteiger partial charge in [0.15, 0.2) is 0 Å². The molecule has 0 saturated carbocycles. The van der Waals surface area contributed by atoms with Gasteiger partial charge in [-0.05, 0) is 43.2 Å². The Morgan fingerprint density at radius 3 is 2.58 bits per heavy atom. The molecular weight excluding hydrogens is 302 g/mol. The van der Waals surface area contributed by atoms with E-state index >= 15 is 0 Å². The summed E-state index contributed by atoms with van der Waals surface area (Å²) in [7, 11) is 0. The second-order valence-electron chi connectivity index (χ2n) is 4.67. The molecule has 2 rings (SSSR count). The summed E-state index contributed by atoms with van der Waals surface area (Å²) in [5, 5.41) is 0. The van der Waals surface area contributed by atoms with Crippen molar-refractivity contribution in [2.24, 2.45) is 5.73 Å². The minimum Gasteiger partial charge on any atom is -0.484 e. The zero-order valence-electron chi connectivity index (χ0n) is 11.2. The highest BCUT2D eigenvalue weighted by Crippen LogP contribution is 2.26. The fourth-order valence-electron chi connectivity index (χ4n) is 2.04. The van der Waals surface area contributed by atoms with Crippen molar-refractivity contribution < 1.29 is 4.74 Å². The fraction of sp³-hybridized carbons (Fsp3) is 0.250. The molecule has 0 spiro atoms. The summed E-state index contributed by atoms with van der Waals surface area (Å²) in [5.41, 5.74) is 9.29. The van der Waals surface area contributed by atoms with Crippen LogP contribution in [0.3, 0.4) is 0 Å². The van der Waals surface area contributed by atoms with E-state index in [0.29, 0.717) is 6.54 Å². The van der Waals surface area contributed by atoms with E-state index in [-0.39, 0.29) is 6.10 Å². The minimum atomic E-state index is -0.126. The van der Waals surface area contributed by atoms with Gasteiger partial charge in [-0.1, -0.05) is 45.8 Å². The van der Waals surface area contributed by atoms with Crippen LogP contribution in [-0.2, 0) is 0 Å². The molecule has 19 heavy (non-hydrogen) atoms. The van der Waals surface area contributed by atoms with Gasteiger partial charge >= 0.3 is 0 Å². The van der Waals surface area contributed by atoms with Crippen molar-refractivity contribution in [3.05, 3.63) is 63.6 Å². The minimum absolute atomic E-state index is 0.126. The Labute approximate surface area is 122 Å². The third-order valence-electron chi connectivity index (χ3n) is 3.03. The smallest absolute Gasteiger partial charge is 0.136 e. The van der Waals surface area contributed by atoms with Gasteiger partial charge in [-0.3, -0.25) is 0 Å². The number of halogens is 1. The summed E-state index contributed by atoms with van der Waals surface area (Å²) in [5.74, 6) is 0.890. The molecule has 0 bridgehead atoms. The molecule has 0 heterocycles. The van der Waals surface area contributed by atoms with Crippen LogP contribution in [0.2, 0.25) is 0 Å². The summed E-state index contributed by atoms with van der Waals surface area (Å²) in [6, 6.07) is 14.2. The van der Waals surface area contributed by atoms with Crippen LogP contribution in [0, 0.1) is 13.8 Å². The summed E-state index contributed by atoms with van der Waals surface area (Å²) < 4.78 is 7.08. The lowest BCUT2D eigenvalue weighted by molar-refractivity contribution is 0.212. The fourth-order valence-corrected chi connectivity index (χ4v) is 2.46. The number of rotatable bonds is 4. The van der Waals surface area contributed by atoms with Crippen LogP contribution in [0.4, 0.5) is 0 Å². The van der Waals surface area contributed by atoms with Crippen LogP contribution in [0.1, 0.15) is 22.8 Å². The maximum Gasteiger partial charge on any atom is 0.136 e. The van der Waals surface area contributed by atoms with E-state index in [4.69, 9.17) is 10.5 Å². The summed E-state index contributed by atoms with van der Waals surface area (Å²) >= 11 is 3.47. The Morgan fingerprint density at radius 2 is 1.95 bits per heavy atom. The van der Waals surface area contributed by atoms with Gasteiger partial charge in [-0.25, -0.2) is 0 Å². The molecule has 2 aromatic rings. The predicted octanol–water partition coefficient (Wildman–Crippen LogP) is 4.14. The lowest BCUT2D eigenvalue weighted by Crippen LogP contribution is -2.18. The number of nitrogens with two attached hydrogens (primary N) is 1. The monoisotopic (exact) mass is 319 g/mol. The molecule has 0 aliphatic rings. The molecule has 2 aromatic carbocycles. The Morgan fingerprint density at radius 1 is 1.16 bits per heavy atom. The first kappa shape index (κ1) is 14.1. The standard InChI is InChI=1S/C16H18BrNO/c1-11-6-7-15(12(2)8-11)19-16(10-18)13-4-3-5-14(17)9-13/h3-9,16H,10,18H2,1-2H3. The molecule has 1 atom stereocenters. The van der Waals surface area contributed by atoms with Crippen LogP contribution < -0.4 is 10.5 Å². The van der Waals surface area contributed by atoms with E-state index in [0.717, 1.165) is 21.3 Å². The Kier molecular flexibility index (Phi) is 4.61. The zero-order valence-corrected chi connectivity index (χ0v) is 12.8. The van der Waals surface area contributed by atoms with Gasteiger partial charge in [-0.2, -0.15) is 0 Å². The van der Waals surface area contributed by atoms with E-state index in [1.807, 2.05) is 30.3 Å². The largest absolute Gasteiger partial charge is 0.484 e. The van der Waals surface area contributed by atoms with Crippen molar-refractivity contribution in [1.29, 1.82) is 0 Å². The first-order valence-electron chi connectivity index (χ1n) is 6.29. The van der Waals surface area contributed by atoms with Crippen LogP contribution >= 0.6 is 15.9 Å². The van der Waals surface area contributed by atoms with Crippen molar-refractivity contribution in [2.75, 3.05) is 6.54 Å². The number of benzene rings is 2. The van der Waals surface area contributed by atoms with E-state index in [1.165, 1.54) is 5.56 Å². The molecule has 100 valence electrons. The second-order valence-corrected chi connectivity index (χ2v) is 5.58. The number of hydrogen-bond acceptors (Lipinski definition) is 2. The first-order chi connectivity index (χ1) is 9.10. The average molecular weight is 320 g/mol. The van der Waals surface area contributed by atoms with Gasteiger partial charge in [0.25, 0.3) is 0 Å². The quantitative estimate of drug-likeness (QED) is 0.919.